The first-order chi connectivity index (χ1) is 16.2. The minimum Gasteiger partial charge on any atom is -0.497 e. The second-order valence-electron chi connectivity index (χ2n) is 7.17. The molecule has 178 valence electrons. The summed E-state index contributed by atoms with van der Waals surface area (Å²) in [5.41, 5.74) is 1.03. The summed E-state index contributed by atoms with van der Waals surface area (Å²) < 4.78 is 38.7. The summed E-state index contributed by atoms with van der Waals surface area (Å²) in [6.07, 6.45) is 0. The van der Waals surface area contributed by atoms with Crippen LogP contribution in [0.15, 0.2) is 77.7 Å². The summed E-state index contributed by atoms with van der Waals surface area (Å²) >= 11 is 0. The van der Waals surface area contributed by atoms with Gasteiger partial charge >= 0.3 is 0 Å². The van der Waals surface area contributed by atoms with Crippen molar-refractivity contribution in [3.8, 4) is 11.5 Å². The second-order valence-corrected chi connectivity index (χ2v) is 9.03. The van der Waals surface area contributed by atoms with Gasteiger partial charge in [-0.1, -0.05) is 24.3 Å². The number of nitrogens with zero attached hydrogens (tertiary/aromatic N) is 1. The molecule has 0 aliphatic rings. The number of carbonyl (C=O) groups excluding carboxylic acids is 2. The van der Waals surface area contributed by atoms with E-state index in [2.05, 4.69) is 10.6 Å². The molecule has 2 N–H and O–H groups in total. The molecule has 34 heavy (non-hydrogen) atoms. The van der Waals surface area contributed by atoms with Gasteiger partial charge in [0, 0.05) is 24.4 Å². The van der Waals surface area contributed by atoms with Crippen molar-refractivity contribution in [2.24, 2.45) is 0 Å². The maximum absolute atomic E-state index is 13.6. The maximum Gasteiger partial charge on any atom is 0.264 e. The number of nitrogens with one attached hydrogen (secondary N) is 2. The molecule has 10 heteroatoms. The minimum absolute atomic E-state index is 0.0142. The van der Waals surface area contributed by atoms with Crippen LogP contribution < -0.4 is 24.4 Å². The molecule has 0 radical (unpaired) electrons. The van der Waals surface area contributed by atoms with Crippen LogP contribution in [0.1, 0.15) is 6.92 Å². The van der Waals surface area contributed by atoms with E-state index < -0.39 is 22.5 Å². The highest BCUT2D eigenvalue weighted by atomic mass is 32.2. The highest BCUT2D eigenvalue weighted by molar-refractivity contribution is 7.92. The lowest BCUT2D eigenvalue weighted by Gasteiger charge is -2.26. The number of hydrogen-bond acceptors (Lipinski definition) is 6. The van der Waals surface area contributed by atoms with Crippen molar-refractivity contribution in [3.05, 3.63) is 72.8 Å². The summed E-state index contributed by atoms with van der Waals surface area (Å²) in [5.74, 6) is -0.202. The average Bonchev–Trinajstić information content (AvgIpc) is 2.82. The molecule has 0 bridgehead atoms. The smallest absolute Gasteiger partial charge is 0.264 e. The first-order valence-corrected chi connectivity index (χ1v) is 11.7. The summed E-state index contributed by atoms with van der Waals surface area (Å²) in [5, 5.41) is 5.31. The Balaban J connectivity index is 1.99. The van der Waals surface area contributed by atoms with Gasteiger partial charge < -0.3 is 20.1 Å². The molecule has 0 aliphatic carbocycles. The molecule has 0 unspecified atom stereocenters. The number of benzene rings is 3. The van der Waals surface area contributed by atoms with E-state index in [9.17, 15) is 18.0 Å². The molecule has 3 aromatic rings. The van der Waals surface area contributed by atoms with Crippen molar-refractivity contribution in [1.82, 2.24) is 0 Å². The number of ether oxygens (including phenoxy) is 2. The lowest BCUT2D eigenvalue weighted by Crippen LogP contribution is -2.38. The molecule has 3 rings (SSSR count). The van der Waals surface area contributed by atoms with E-state index in [4.69, 9.17) is 9.47 Å². The molecule has 3 aromatic carbocycles. The number of rotatable bonds is 9. The maximum atomic E-state index is 13.6. The van der Waals surface area contributed by atoms with Crippen LogP contribution in [0.3, 0.4) is 0 Å². The monoisotopic (exact) mass is 483 g/mol. The molecule has 0 saturated heterocycles. The predicted molar refractivity (Wildman–Crippen MR) is 130 cm³/mol. The SMILES string of the molecule is COc1ccc(OC)c(N(CC(=O)Nc2cccc(NC(C)=O)c2)S(=O)(=O)c2ccccc2)c1. The van der Waals surface area contributed by atoms with E-state index in [0.717, 1.165) is 4.31 Å². The molecular weight excluding hydrogens is 458 g/mol. The number of anilines is 3. The Bertz CT molecular complexity index is 1280. The topological polar surface area (TPSA) is 114 Å². The van der Waals surface area contributed by atoms with Crippen molar-refractivity contribution in [2.75, 3.05) is 35.7 Å². The van der Waals surface area contributed by atoms with Gasteiger partial charge in [-0.25, -0.2) is 8.42 Å². The molecule has 0 fully saturated rings. The van der Waals surface area contributed by atoms with Gasteiger partial charge in [-0.2, -0.15) is 0 Å². The fourth-order valence-corrected chi connectivity index (χ4v) is 4.66. The summed E-state index contributed by atoms with van der Waals surface area (Å²) in [7, 11) is -1.28. The number of sulfonamides is 1. The zero-order valence-electron chi connectivity index (χ0n) is 18.9. The number of methoxy groups -OCH3 is 2. The Kier molecular flexibility index (Phi) is 7.75. The Labute approximate surface area is 198 Å². The Morgan fingerprint density at radius 3 is 2.15 bits per heavy atom. The molecule has 0 aliphatic heterocycles. The Morgan fingerprint density at radius 1 is 0.853 bits per heavy atom. The first-order valence-electron chi connectivity index (χ1n) is 10.2. The van der Waals surface area contributed by atoms with Crippen LogP contribution in [0, 0.1) is 0 Å². The van der Waals surface area contributed by atoms with E-state index >= 15 is 0 Å². The van der Waals surface area contributed by atoms with Crippen LogP contribution in [0.5, 0.6) is 11.5 Å². The molecule has 0 saturated carbocycles. The summed E-state index contributed by atoms with van der Waals surface area (Å²) in [6.45, 7) is 0.838. The molecule has 2 amide bonds. The Morgan fingerprint density at radius 2 is 1.53 bits per heavy atom. The van der Waals surface area contributed by atoms with Crippen molar-refractivity contribution in [3.63, 3.8) is 0 Å². The fourth-order valence-electron chi connectivity index (χ4n) is 3.22. The van der Waals surface area contributed by atoms with Crippen molar-refractivity contribution in [2.45, 2.75) is 11.8 Å². The molecule has 0 atom stereocenters. The molecule has 9 nitrogen and oxygen atoms in total. The van der Waals surface area contributed by atoms with Crippen LogP contribution in [-0.4, -0.2) is 41.0 Å². The molecule has 0 aromatic heterocycles. The van der Waals surface area contributed by atoms with Gasteiger partial charge in [-0.3, -0.25) is 13.9 Å². The van der Waals surface area contributed by atoms with E-state index in [1.54, 1.807) is 54.6 Å². The van der Waals surface area contributed by atoms with Crippen LogP contribution in [0.2, 0.25) is 0 Å². The lowest BCUT2D eigenvalue weighted by atomic mass is 10.2. The van der Waals surface area contributed by atoms with Gasteiger partial charge in [-0.05, 0) is 42.5 Å². The second kappa shape index (κ2) is 10.7. The average molecular weight is 484 g/mol. The zero-order valence-corrected chi connectivity index (χ0v) is 19.8. The number of carbonyl (C=O) groups is 2. The van der Waals surface area contributed by atoms with Gasteiger partial charge in [0.2, 0.25) is 11.8 Å². The number of hydrogen-bond donors (Lipinski definition) is 2. The summed E-state index contributed by atoms with van der Waals surface area (Å²) in [6, 6.07) is 19.0. The van der Waals surface area contributed by atoms with Crippen molar-refractivity contribution >= 4 is 38.9 Å². The molecule has 0 heterocycles. The van der Waals surface area contributed by atoms with Gasteiger partial charge in [0.25, 0.3) is 10.0 Å². The first kappa shape index (κ1) is 24.6. The normalized spacial score (nSPS) is 10.8. The van der Waals surface area contributed by atoms with E-state index in [1.807, 2.05) is 0 Å². The van der Waals surface area contributed by atoms with E-state index in [0.29, 0.717) is 17.1 Å². The lowest BCUT2D eigenvalue weighted by molar-refractivity contribution is -0.115. The van der Waals surface area contributed by atoms with E-state index in [1.165, 1.54) is 39.3 Å². The predicted octanol–water partition coefficient (Wildman–Crippen LogP) is 3.50. The summed E-state index contributed by atoms with van der Waals surface area (Å²) in [4.78, 5) is 24.3. The quantitative estimate of drug-likeness (QED) is 0.482. The third-order valence-corrected chi connectivity index (χ3v) is 6.51. The highest BCUT2D eigenvalue weighted by Crippen LogP contribution is 2.35. The number of amides is 2. The third kappa shape index (κ3) is 5.84. The van der Waals surface area contributed by atoms with Crippen molar-refractivity contribution < 1.29 is 27.5 Å². The standard InChI is InChI=1S/C24H25N3O6S/c1-17(28)25-18-8-7-9-19(14-18)26-24(29)16-27(34(30,31)21-10-5-4-6-11-21)22-15-20(32-2)12-13-23(22)33-3/h4-15H,16H2,1-3H3,(H,25,28)(H,26,29). The van der Waals surface area contributed by atoms with Crippen molar-refractivity contribution in [1.29, 1.82) is 0 Å². The Hall–Kier alpha value is -4.05. The van der Waals surface area contributed by atoms with Crippen LogP contribution in [-0.2, 0) is 19.6 Å². The zero-order chi connectivity index (χ0) is 24.7. The van der Waals surface area contributed by atoms with Crippen LogP contribution in [0.4, 0.5) is 17.1 Å². The molecule has 0 spiro atoms. The van der Waals surface area contributed by atoms with Crippen LogP contribution >= 0.6 is 0 Å². The van der Waals surface area contributed by atoms with Gasteiger partial charge in [0.05, 0.1) is 24.8 Å². The highest BCUT2D eigenvalue weighted by Gasteiger charge is 2.30. The van der Waals surface area contributed by atoms with Gasteiger partial charge in [0.1, 0.15) is 18.0 Å². The molecular formula is C24H25N3O6S. The van der Waals surface area contributed by atoms with Crippen LogP contribution in [0.25, 0.3) is 0 Å². The van der Waals surface area contributed by atoms with Gasteiger partial charge in [-0.15, -0.1) is 0 Å². The van der Waals surface area contributed by atoms with Gasteiger partial charge in [0.15, 0.2) is 0 Å². The minimum atomic E-state index is -4.14. The fraction of sp³-hybridized carbons (Fsp3) is 0.167. The van der Waals surface area contributed by atoms with E-state index in [-0.39, 0.29) is 22.2 Å². The third-order valence-electron chi connectivity index (χ3n) is 4.74. The largest absolute Gasteiger partial charge is 0.497 e.